The summed E-state index contributed by atoms with van der Waals surface area (Å²) < 4.78 is 33.3. The monoisotopic (exact) mass is 462 g/mol. The van der Waals surface area contributed by atoms with Crippen LogP contribution in [0.5, 0.6) is 11.5 Å². The van der Waals surface area contributed by atoms with Crippen LogP contribution in [-0.2, 0) is 6.54 Å². The van der Waals surface area contributed by atoms with E-state index in [1.54, 1.807) is 30.5 Å². The van der Waals surface area contributed by atoms with Gasteiger partial charge in [-0.25, -0.2) is 4.39 Å². The van der Waals surface area contributed by atoms with Crippen LogP contribution in [0, 0.1) is 5.82 Å². The molecule has 1 saturated heterocycles. The molecule has 2 aliphatic heterocycles. The summed E-state index contributed by atoms with van der Waals surface area (Å²) in [5.41, 5.74) is 1.80. The van der Waals surface area contributed by atoms with Crippen LogP contribution in [0.25, 0.3) is 33.7 Å². The normalized spacial score (nSPS) is 15.3. The van der Waals surface area contributed by atoms with E-state index < -0.39 is 5.82 Å². The minimum atomic E-state index is -0.391. The quantitative estimate of drug-likeness (QED) is 0.438. The highest BCUT2D eigenvalue weighted by molar-refractivity contribution is 5.86. The molecule has 0 aliphatic carbocycles. The zero-order valence-electron chi connectivity index (χ0n) is 18.7. The number of benzene rings is 2. The summed E-state index contributed by atoms with van der Waals surface area (Å²) in [7, 11) is 0. The van der Waals surface area contributed by atoms with Crippen LogP contribution in [-0.4, -0.2) is 34.6 Å². The third-order valence-corrected chi connectivity index (χ3v) is 6.47. The Morgan fingerprint density at radius 2 is 1.88 bits per heavy atom. The van der Waals surface area contributed by atoms with Gasteiger partial charge in [0.05, 0.1) is 11.2 Å². The molecule has 1 fully saturated rings. The Balaban J connectivity index is 1.43. The molecule has 2 aromatic carbocycles. The number of nitrogens with zero attached hydrogens (tertiary/aromatic N) is 4. The number of halogens is 1. The lowest BCUT2D eigenvalue weighted by atomic mass is 10.1. The minimum Gasteiger partial charge on any atom is -0.454 e. The number of hydrogen-bond acceptors (Lipinski definition) is 7. The van der Waals surface area contributed by atoms with E-state index in [9.17, 15) is 4.79 Å². The van der Waals surface area contributed by atoms with E-state index in [1.807, 2.05) is 11.5 Å². The minimum absolute atomic E-state index is 0.0854. The van der Waals surface area contributed by atoms with E-state index in [0.29, 0.717) is 46.0 Å². The molecular weight excluding hydrogens is 439 g/mol. The van der Waals surface area contributed by atoms with Gasteiger partial charge in [0.2, 0.25) is 18.0 Å². The van der Waals surface area contributed by atoms with Gasteiger partial charge in [-0.1, -0.05) is 5.16 Å². The number of aryl methyl sites for hydroxylation is 1. The van der Waals surface area contributed by atoms with Crippen molar-refractivity contribution in [2.75, 3.05) is 24.8 Å². The Morgan fingerprint density at radius 1 is 1.06 bits per heavy atom. The molecule has 174 valence electrons. The van der Waals surface area contributed by atoms with Crippen molar-refractivity contribution in [2.45, 2.75) is 32.7 Å². The molecule has 0 atom stereocenters. The van der Waals surface area contributed by atoms with E-state index in [0.717, 1.165) is 32.4 Å². The van der Waals surface area contributed by atoms with E-state index in [-0.39, 0.29) is 23.7 Å². The second-order valence-corrected chi connectivity index (χ2v) is 8.52. The van der Waals surface area contributed by atoms with Crippen LogP contribution in [0.4, 0.5) is 10.1 Å². The molecule has 2 aliphatic rings. The molecule has 8 nitrogen and oxygen atoms in total. The number of aromatic nitrogens is 3. The maximum Gasteiger partial charge on any atom is 0.263 e. The second kappa shape index (κ2) is 8.16. The van der Waals surface area contributed by atoms with Crippen molar-refractivity contribution >= 4 is 16.6 Å². The predicted molar refractivity (Wildman–Crippen MR) is 125 cm³/mol. The van der Waals surface area contributed by atoms with Crippen molar-refractivity contribution in [3.8, 4) is 34.3 Å². The highest BCUT2D eigenvalue weighted by Gasteiger charge is 2.22. The molecule has 9 heteroatoms. The number of piperidine rings is 1. The summed E-state index contributed by atoms with van der Waals surface area (Å²) in [5, 5.41) is 4.34. The van der Waals surface area contributed by atoms with Crippen LogP contribution < -0.4 is 19.8 Å². The standard InChI is InChI=1S/C25H23FN4O4/c1-2-29-13-17(25-27-24(28-34-25)15-6-7-21-22(10-15)33-14-32-21)23(31)16-11-18(26)20(12-19(16)29)30-8-4-3-5-9-30/h6-7,10-13H,2-5,8-9,14H2,1H3. The summed E-state index contributed by atoms with van der Waals surface area (Å²) >= 11 is 0. The van der Waals surface area contributed by atoms with Crippen molar-refractivity contribution in [3.63, 3.8) is 0 Å². The van der Waals surface area contributed by atoms with Gasteiger partial charge in [0.1, 0.15) is 11.4 Å². The van der Waals surface area contributed by atoms with Crippen molar-refractivity contribution < 1.29 is 18.4 Å². The number of anilines is 1. The van der Waals surface area contributed by atoms with Gasteiger partial charge in [-0.2, -0.15) is 4.98 Å². The summed E-state index contributed by atoms with van der Waals surface area (Å²) in [6.07, 6.45) is 4.95. The first kappa shape index (κ1) is 20.7. The molecule has 0 unspecified atom stereocenters. The first-order valence-corrected chi connectivity index (χ1v) is 11.5. The molecule has 0 saturated carbocycles. The lowest BCUT2D eigenvalue weighted by Gasteiger charge is -2.29. The van der Waals surface area contributed by atoms with Gasteiger partial charge in [0.15, 0.2) is 11.5 Å². The number of ether oxygens (including phenoxy) is 2. The van der Waals surface area contributed by atoms with Crippen molar-refractivity contribution in [2.24, 2.45) is 0 Å². The van der Waals surface area contributed by atoms with Gasteiger partial charge in [-0.3, -0.25) is 4.79 Å². The molecule has 0 N–H and O–H groups in total. The fourth-order valence-electron chi connectivity index (χ4n) is 4.68. The summed E-state index contributed by atoms with van der Waals surface area (Å²) in [6.45, 7) is 4.38. The van der Waals surface area contributed by atoms with Crippen molar-refractivity contribution in [1.82, 2.24) is 14.7 Å². The van der Waals surface area contributed by atoms with Crippen LogP contribution in [0.3, 0.4) is 0 Å². The van der Waals surface area contributed by atoms with Gasteiger partial charge < -0.3 is 23.5 Å². The summed E-state index contributed by atoms with van der Waals surface area (Å²) in [6, 6.07) is 8.46. The average molecular weight is 462 g/mol. The first-order valence-electron chi connectivity index (χ1n) is 11.5. The topological polar surface area (TPSA) is 82.6 Å². The highest BCUT2D eigenvalue weighted by Crippen LogP contribution is 2.35. The molecule has 2 aromatic heterocycles. The van der Waals surface area contributed by atoms with Gasteiger partial charge in [0, 0.05) is 36.8 Å². The van der Waals surface area contributed by atoms with Gasteiger partial charge in [-0.15, -0.1) is 0 Å². The molecule has 4 aromatic rings. The third kappa shape index (κ3) is 3.39. The predicted octanol–water partition coefficient (Wildman–Crippen LogP) is 4.60. The highest BCUT2D eigenvalue weighted by atomic mass is 19.1. The number of hydrogen-bond donors (Lipinski definition) is 0. The summed E-state index contributed by atoms with van der Waals surface area (Å²) in [4.78, 5) is 19.9. The Bertz CT molecular complexity index is 1460. The second-order valence-electron chi connectivity index (χ2n) is 8.52. The maximum atomic E-state index is 15.1. The third-order valence-electron chi connectivity index (χ3n) is 6.47. The van der Waals surface area contributed by atoms with Crippen LogP contribution in [0.2, 0.25) is 0 Å². The van der Waals surface area contributed by atoms with E-state index in [4.69, 9.17) is 14.0 Å². The smallest absolute Gasteiger partial charge is 0.263 e. The molecule has 6 rings (SSSR count). The fraction of sp³-hybridized carbons (Fsp3) is 0.320. The molecule has 0 amide bonds. The molecule has 0 spiro atoms. The summed E-state index contributed by atoms with van der Waals surface area (Å²) in [5.74, 6) is 1.27. The SMILES string of the molecule is CCn1cc(-c2nc(-c3ccc4c(c3)OCO4)no2)c(=O)c2cc(F)c(N3CCCCC3)cc21. The van der Waals surface area contributed by atoms with E-state index in [2.05, 4.69) is 15.0 Å². The number of rotatable bonds is 4. The van der Waals surface area contributed by atoms with Gasteiger partial charge in [-0.05, 0) is 56.5 Å². The van der Waals surface area contributed by atoms with Crippen LogP contribution >= 0.6 is 0 Å². The van der Waals surface area contributed by atoms with E-state index >= 15 is 4.39 Å². The Labute approximate surface area is 194 Å². The largest absolute Gasteiger partial charge is 0.454 e. The first-order chi connectivity index (χ1) is 16.6. The zero-order valence-corrected chi connectivity index (χ0v) is 18.7. The number of fused-ring (bicyclic) bond motifs is 2. The van der Waals surface area contributed by atoms with Crippen molar-refractivity contribution in [1.29, 1.82) is 0 Å². The fourth-order valence-corrected chi connectivity index (χ4v) is 4.68. The Morgan fingerprint density at radius 3 is 2.71 bits per heavy atom. The lowest BCUT2D eigenvalue weighted by molar-refractivity contribution is 0.174. The van der Waals surface area contributed by atoms with Crippen LogP contribution in [0.1, 0.15) is 26.2 Å². The molecule has 0 radical (unpaired) electrons. The molecule has 4 heterocycles. The zero-order chi connectivity index (χ0) is 23.2. The Kier molecular flexibility index (Phi) is 4.97. The molecular formula is C25H23FN4O4. The van der Waals surface area contributed by atoms with Crippen LogP contribution in [0.15, 0.2) is 45.8 Å². The lowest BCUT2D eigenvalue weighted by Crippen LogP contribution is -2.30. The Hall–Kier alpha value is -3.88. The molecule has 34 heavy (non-hydrogen) atoms. The molecule has 0 bridgehead atoms. The maximum absolute atomic E-state index is 15.1. The number of pyridine rings is 1. The van der Waals surface area contributed by atoms with Gasteiger partial charge in [0.25, 0.3) is 5.89 Å². The van der Waals surface area contributed by atoms with Gasteiger partial charge >= 0.3 is 0 Å². The average Bonchev–Trinajstić information content (AvgIpc) is 3.54. The van der Waals surface area contributed by atoms with Crippen molar-refractivity contribution in [3.05, 3.63) is 52.6 Å². The van der Waals surface area contributed by atoms with E-state index in [1.165, 1.54) is 6.07 Å².